The Morgan fingerprint density at radius 2 is 1.90 bits per heavy atom. The van der Waals surface area contributed by atoms with E-state index in [-0.39, 0.29) is 0 Å². The van der Waals surface area contributed by atoms with Crippen molar-refractivity contribution in [2.24, 2.45) is 0 Å². The SMILES string of the molecule is CCC1CN(c2nc(-c3cccnc3)nc3c2CCC3)C(CC)CN1CC(C)(C)O. The average Bonchev–Trinajstić information content (AvgIpc) is 3.21. The number of piperazine rings is 1. The average molecular weight is 410 g/mol. The van der Waals surface area contributed by atoms with Gasteiger partial charge in [-0.15, -0.1) is 0 Å². The lowest BCUT2D eigenvalue weighted by Gasteiger charge is -2.48. The van der Waals surface area contributed by atoms with Crippen molar-refractivity contribution in [1.29, 1.82) is 0 Å². The molecule has 162 valence electrons. The van der Waals surface area contributed by atoms with Gasteiger partial charge in [0.2, 0.25) is 0 Å². The van der Waals surface area contributed by atoms with Crippen LogP contribution in [0, 0.1) is 0 Å². The highest BCUT2D eigenvalue weighted by Crippen LogP contribution is 2.35. The van der Waals surface area contributed by atoms with Gasteiger partial charge in [0.1, 0.15) is 5.82 Å². The van der Waals surface area contributed by atoms with Gasteiger partial charge >= 0.3 is 0 Å². The van der Waals surface area contributed by atoms with Crippen molar-refractivity contribution in [3.8, 4) is 11.4 Å². The Morgan fingerprint density at radius 1 is 1.10 bits per heavy atom. The minimum absolute atomic E-state index is 0.386. The van der Waals surface area contributed by atoms with Crippen LogP contribution in [-0.2, 0) is 12.8 Å². The number of fused-ring (bicyclic) bond motifs is 1. The molecule has 1 saturated heterocycles. The molecule has 30 heavy (non-hydrogen) atoms. The van der Waals surface area contributed by atoms with E-state index in [0.29, 0.717) is 18.6 Å². The second-order valence-electron chi connectivity index (χ2n) is 9.41. The maximum atomic E-state index is 10.4. The van der Waals surface area contributed by atoms with E-state index in [1.807, 2.05) is 32.2 Å². The van der Waals surface area contributed by atoms with E-state index in [2.05, 4.69) is 28.6 Å². The molecule has 0 spiro atoms. The number of aliphatic hydroxyl groups is 1. The summed E-state index contributed by atoms with van der Waals surface area (Å²) in [6.07, 6.45) is 9.01. The predicted molar refractivity (Wildman–Crippen MR) is 121 cm³/mol. The van der Waals surface area contributed by atoms with Crippen LogP contribution in [0.25, 0.3) is 11.4 Å². The minimum Gasteiger partial charge on any atom is -0.389 e. The molecular weight excluding hydrogens is 374 g/mol. The third-order valence-corrected chi connectivity index (χ3v) is 6.45. The molecule has 6 heteroatoms. The summed E-state index contributed by atoms with van der Waals surface area (Å²) in [5.74, 6) is 1.92. The third-order valence-electron chi connectivity index (χ3n) is 6.45. The van der Waals surface area contributed by atoms with Gasteiger partial charge in [0, 0.05) is 60.9 Å². The number of aromatic nitrogens is 3. The number of rotatable bonds is 6. The second kappa shape index (κ2) is 8.60. The van der Waals surface area contributed by atoms with Crippen molar-refractivity contribution in [2.75, 3.05) is 24.5 Å². The third kappa shape index (κ3) is 4.35. The van der Waals surface area contributed by atoms with Crippen LogP contribution in [0.2, 0.25) is 0 Å². The van der Waals surface area contributed by atoms with Crippen LogP contribution in [0.4, 0.5) is 5.82 Å². The molecule has 0 radical (unpaired) electrons. The topological polar surface area (TPSA) is 65.4 Å². The summed E-state index contributed by atoms with van der Waals surface area (Å²) in [5.41, 5.74) is 2.85. The summed E-state index contributed by atoms with van der Waals surface area (Å²) in [7, 11) is 0. The number of pyridine rings is 1. The second-order valence-corrected chi connectivity index (χ2v) is 9.41. The van der Waals surface area contributed by atoms with E-state index in [9.17, 15) is 5.11 Å². The number of aryl methyl sites for hydroxylation is 1. The van der Waals surface area contributed by atoms with Crippen molar-refractivity contribution in [3.63, 3.8) is 0 Å². The summed E-state index contributed by atoms with van der Waals surface area (Å²) >= 11 is 0. The van der Waals surface area contributed by atoms with Crippen molar-refractivity contribution < 1.29 is 5.11 Å². The van der Waals surface area contributed by atoms with Crippen molar-refractivity contribution >= 4 is 5.82 Å². The van der Waals surface area contributed by atoms with Gasteiger partial charge in [-0.25, -0.2) is 9.97 Å². The molecule has 2 atom stereocenters. The monoisotopic (exact) mass is 409 g/mol. The van der Waals surface area contributed by atoms with Gasteiger partial charge in [-0.05, 0) is 58.1 Å². The first-order valence-corrected chi connectivity index (χ1v) is 11.4. The highest BCUT2D eigenvalue weighted by molar-refractivity contribution is 5.61. The first kappa shape index (κ1) is 21.2. The molecule has 0 saturated carbocycles. The van der Waals surface area contributed by atoms with Crippen LogP contribution in [0.3, 0.4) is 0 Å². The Bertz CT molecular complexity index is 864. The number of hydrogen-bond acceptors (Lipinski definition) is 6. The van der Waals surface area contributed by atoms with Gasteiger partial charge in [-0.1, -0.05) is 13.8 Å². The van der Waals surface area contributed by atoms with Crippen molar-refractivity contribution in [2.45, 2.75) is 77.5 Å². The number of nitrogens with zero attached hydrogens (tertiary/aromatic N) is 5. The molecule has 1 aliphatic carbocycles. The van der Waals surface area contributed by atoms with Crippen LogP contribution >= 0.6 is 0 Å². The van der Waals surface area contributed by atoms with Crippen LogP contribution < -0.4 is 4.90 Å². The number of hydrogen-bond donors (Lipinski definition) is 1. The summed E-state index contributed by atoms with van der Waals surface area (Å²) in [6.45, 7) is 10.9. The molecule has 3 heterocycles. The molecule has 6 nitrogen and oxygen atoms in total. The van der Waals surface area contributed by atoms with Gasteiger partial charge in [0.15, 0.2) is 5.82 Å². The maximum absolute atomic E-state index is 10.4. The Hall–Kier alpha value is -2.05. The molecule has 1 N–H and O–H groups in total. The molecule has 4 rings (SSSR count). The van der Waals surface area contributed by atoms with Crippen LogP contribution in [0.1, 0.15) is 58.2 Å². The number of β-amino-alcohol motifs (C(OH)–C–C–N with tert-alkyl or cyclic N) is 1. The van der Waals surface area contributed by atoms with Gasteiger partial charge in [0.05, 0.1) is 5.60 Å². The van der Waals surface area contributed by atoms with Crippen LogP contribution in [0.15, 0.2) is 24.5 Å². The van der Waals surface area contributed by atoms with E-state index in [4.69, 9.17) is 9.97 Å². The summed E-state index contributed by atoms with van der Waals surface area (Å²) in [5, 5.41) is 10.4. The van der Waals surface area contributed by atoms with Gasteiger partial charge in [0.25, 0.3) is 0 Å². The Balaban J connectivity index is 1.71. The summed E-state index contributed by atoms with van der Waals surface area (Å²) in [4.78, 5) is 19.3. The fourth-order valence-corrected chi connectivity index (χ4v) is 4.97. The largest absolute Gasteiger partial charge is 0.389 e. The molecule has 1 fully saturated rings. The molecule has 2 unspecified atom stereocenters. The van der Waals surface area contributed by atoms with Gasteiger partial charge in [-0.2, -0.15) is 0 Å². The van der Waals surface area contributed by atoms with Crippen molar-refractivity contribution in [3.05, 3.63) is 35.8 Å². The first-order valence-electron chi connectivity index (χ1n) is 11.4. The molecule has 2 aromatic rings. The highest BCUT2D eigenvalue weighted by Gasteiger charge is 2.37. The fraction of sp³-hybridized carbons (Fsp3) is 0.625. The minimum atomic E-state index is -0.683. The maximum Gasteiger partial charge on any atom is 0.163 e. The Labute approximate surface area is 180 Å². The number of anilines is 1. The van der Waals surface area contributed by atoms with E-state index in [1.54, 1.807) is 6.20 Å². The normalized spacial score (nSPS) is 22.4. The summed E-state index contributed by atoms with van der Waals surface area (Å²) < 4.78 is 0. The van der Waals surface area contributed by atoms with E-state index in [1.165, 1.54) is 11.3 Å². The van der Waals surface area contributed by atoms with Crippen LogP contribution in [-0.4, -0.2) is 62.3 Å². The predicted octanol–water partition coefficient (Wildman–Crippen LogP) is 3.48. The molecule has 2 aliphatic rings. The molecule has 2 aromatic heterocycles. The zero-order chi connectivity index (χ0) is 21.3. The van der Waals surface area contributed by atoms with Gasteiger partial charge in [-0.3, -0.25) is 9.88 Å². The molecule has 1 aliphatic heterocycles. The summed E-state index contributed by atoms with van der Waals surface area (Å²) in [6, 6.07) is 4.79. The molecule has 0 aromatic carbocycles. The van der Waals surface area contributed by atoms with Crippen LogP contribution in [0.5, 0.6) is 0 Å². The molecular formula is C24H35N5O. The van der Waals surface area contributed by atoms with Crippen molar-refractivity contribution in [1.82, 2.24) is 19.9 Å². The molecule has 0 amide bonds. The Kier molecular flexibility index (Phi) is 6.07. The van der Waals surface area contributed by atoms with E-state index >= 15 is 0 Å². The van der Waals surface area contributed by atoms with Gasteiger partial charge < -0.3 is 10.0 Å². The zero-order valence-electron chi connectivity index (χ0n) is 18.8. The highest BCUT2D eigenvalue weighted by atomic mass is 16.3. The molecule has 0 bridgehead atoms. The lowest BCUT2D eigenvalue weighted by molar-refractivity contribution is 0.00990. The lowest BCUT2D eigenvalue weighted by Crippen LogP contribution is -2.60. The zero-order valence-corrected chi connectivity index (χ0v) is 18.8. The lowest BCUT2D eigenvalue weighted by atomic mass is 9.98. The Morgan fingerprint density at radius 3 is 2.57 bits per heavy atom. The van der Waals surface area contributed by atoms with E-state index in [0.717, 1.165) is 62.4 Å². The smallest absolute Gasteiger partial charge is 0.163 e. The standard InChI is InChI=1S/C24H35N5O/c1-5-18-15-29(19(6-2)14-28(18)16-24(3,4)30)23-20-10-7-11-21(20)26-22(27-23)17-9-8-12-25-13-17/h8-9,12-13,18-19,30H,5-7,10-11,14-16H2,1-4H3. The fourth-order valence-electron chi connectivity index (χ4n) is 4.97. The quantitative estimate of drug-likeness (QED) is 0.788. The van der Waals surface area contributed by atoms with E-state index < -0.39 is 5.60 Å². The first-order chi connectivity index (χ1) is 14.4.